The van der Waals surface area contributed by atoms with Crippen LogP contribution in [0, 0.1) is 6.92 Å². The molecule has 0 spiro atoms. The lowest BCUT2D eigenvalue weighted by Crippen LogP contribution is -2.20. The fraction of sp³-hybridized carbons (Fsp3) is 0.286. The number of hydrogen-bond donors (Lipinski definition) is 1. The van der Waals surface area contributed by atoms with Crippen molar-refractivity contribution in [3.8, 4) is 5.88 Å². The van der Waals surface area contributed by atoms with E-state index in [0.717, 1.165) is 15.7 Å². The van der Waals surface area contributed by atoms with Gasteiger partial charge in [-0.05, 0) is 31.2 Å². The highest BCUT2D eigenvalue weighted by atomic mass is 79.9. The first-order chi connectivity index (χ1) is 9.17. The van der Waals surface area contributed by atoms with E-state index in [1.165, 1.54) is 5.56 Å². The van der Waals surface area contributed by atoms with Gasteiger partial charge in [0.1, 0.15) is 5.69 Å². The van der Waals surface area contributed by atoms with Crippen LogP contribution in [0.3, 0.4) is 0 Å². The SMILES string of the molecule is CNC(c1ccc(C)c(Br)c1)c1nccnc1OC. The summed E-state index contributed by atoms with van der Waals surface area (Å²) in [6, 6.07) is 6.19. The van der Waals surface area contributed by atoms with E-state index in [2.05, 4.69) is 56.3 Å². The highest BCUT2D eigenvalue weighted by molar-refractivity contribution is 9.10. The van der Waals surface area contributed by atoms with E-state index in [-0.39, 0.29) is 6.04 Å². The van der Waals surface area contributed by atoms with Gasteiger partial charge in [0, 0.05) is 16.9 Å². The van der Waals surface area contributed by atoms with Gasteiger partial charge in [-0.3, -0.25) is 4.98 Å². The normalized spacial score (nSPS) is 12.2. The largest absolute Gasteiger partial charge is 0.480 e. The van der Waals surface area contributed by atoms with E-state index in [1.807, 2.05) is 7.05 Å². The average molecular weight is 322 g/mol. The molecule has 1 aromatic heterocycles. The number of halogens is 1. The number of benzene rings is 1. The molecule has 100 valence electrons. The van der Waals surface area contributed by atoms with Crippen molar-refractivity contribution in [3.05, 3.63) is 51.9 Å². The van der Waals surface area contributed by atoms with Gasteiger partial charge < -0.3 is 10.1 Å². The second-order valence-electron chi connectivity index (χ2n) is 4.18. The summed E-state index contributed by atoms with van der Waals surface area (Å²) in [5.74, 6) is 0.540. The Bertz CT molecular complexity index is 574. The van der Waals surface area contributed by atoms with E-state index in [0.29, 0.717) is 5.88 Å². The summed E-state index contributed by atoms with van der Waals surface area (Å²) in [5.41, 5.74) is 3.09. The summed E-state index contributed by atoms with van der Waals surface area (Å²) >= 11 is 3.56. The number of aryl methyl sites for hydroxylation is 1. The second kappa shape index (κ2) is 6.12. The Morgan fingerprint density at radius 3 is 2.63 bits per heavy atom. The Balaban J connectivity index is 2.46. The van der Waals surface area contributed by atoms with Crippen LogP contribution < -0.4 is 10.1 Å². The van der Waals surface area contributed by atoms with Gasteiger partial charge in [-0.2, -0.15) is 0 Å². The summed E-state index contributed by atoms with van der Waals surface area (Å²) in [6.07, 6.45) is 3.30. The molecule has 1 heterocycles. The monoisotopic (exact) mass is 321 g/mol. The molecule has 0 radical (unpaired) electrons. The van der Waals surface area contributed by atoms with Crippen molar-refractivity contribution >= 4 is 15.9 Å². The van der Waals surface area contributed by atoms with E-state index in [9.17, 15) is 0 Å². The van der Waals surface area contributed by atoms with E-state index >= 15 is 0 Å². The predicted octanol–water partition coefficient (Wildman–Crippen LogP) is 2.86. The number of rotatable bonds is 4. The number of hydrogen-bond acceptors (Lipinski definition) is 4. The standard InChI is InChI=1S/C14H16BrN3O/c1-9-4-5-10(8-11(9)15)12(16-2)13-14(19-3)18-7-6-17-13/h4-8,12,16H,1-3H3. The van der Waals surface area contributed by atoms with Crippen molar-refractivity contribution in [2.24, 2.45) is 0 Å². The third kappa shape index (κ3) is 2.93. The Morgan fingerprint density at radius 1 is 1.26 bits per heavy atom. The Morgan fingerprint density at radius 2 is 2.00 bits per heavy atom. The summed E-state index contributed by atoms with van der Waals surface area (Å²) in [6.45, 7) is 2.06. The minimum absolute atomic E-state index is 0.0550. The van der Waals surface area contributed by atoms with Crippen molar-refractivity contribution in [1.82, 2.24) is 15.3 Å². The van der Waals surface area contributed by atoms with Crippen LogP contribution in [0.1, 0.15) is 22.9 Å². The number of nitrogens with one attached hydrogen (secondary N) is 1. The highest BCUT2D eigenvalue weighted by Crippen LogP contribution is 2.28. The van der Waals surface area contributed by atoms with E-state index < -0.39 is 0 Å². The molecule has 0 saturated carbocycles. The molecule has 1 unspecified atom stereocenters. The first-order valence-electron chi connectivity index (χ1n) is 5.95. The second-order valence-corrected chi connectivity index (χ2v) is 5.04. The summed E-state index contributed by atoms with van der Waals surface area (Å²) in [5, 5.41) is 3.25. The molecule has 4 nitrogen and oxygen atoms in total. The van der Waals surface area contributed by atoms with Crippen LogP contribution >= 0.6 is 15.9 Å². The molecule has 0 aliphatic rings. The number of methoxy groups -OCH3 is 1. The lowest BCUT2D eigenvalue weighted by atomic mass is 10.0. The van der Waals surface area contributed by atoms with Gasteiger partial charge in [0.05, 0.1) is 13.2 Å². The van der Waals surface area contributed by atoms with E-state index in [1.54, 1.807) is 19.5 Å². The zero-order valence-corrected chi connectivity index (χ0v) is 12.7. The summed E-state index contributed by atoms with van der Waals surface area (Å²) < 4.78 is 6.36. The first-order valence-corrected chi connectivity index (χ1v) is 6.75. The fourth-order valence-electron chi connectivity index (χ4n) is 1.94. The van der Waals surface area contributed by atoms with Crippen LogP contribution in [0.5, 0.6) is 5.88 Å². The highest BCUT2D eigenvalue weighted by Gasteiger charge is 2.19. The molecule has 1 N–H and O–H groups in total. The molecule has 1 atom stereocenters. The molecule has 0 aliphatic heterocycles. The van der Waals surface area contributed by atoms with Crippen molar-refractivity contribution in [1.29, 1.82) is 0 Å². The third-order valence-corrected chi connectivity index (χ3v) is 3.83. The predicted molar refractivity (Wildman–Crippen MR) is 78.4 cm³/mol. The molecule has 19 heavy (non-hydrogen) atoms. The molecule has 0 saturated heterocycles. The maximum atomic E-state index is 5.28. The van der Waals surface area contributed by atoms with Gasteiger partial charge in [0.2, 0.25) is 5.88 Å². The average Bonchev–Trinajstić information content (AvgIpc) is 2.44. The Kier molecular flexibility index (Phi) is 4.50. The van der Waals surface area contributed by atoms with Crippen LogP contribution in [-0.4, -0.2) is 24.1 Å². The molecular weight excluding hydrogens is 306 g/mol. The maximum absolute atomic E-state index is 5.28. The van der Waals surface area contributed by atoms with Gasteiger partial charge in [-0.1, -0.05) is 28.1 Å². The van der Waals surface area contributed by atoms with Gasteiger partial charge in [0.25, 0.3) is 0 Å². The molecular formula is C14H16BrN3O. The van der Waals surface area contributed by atoms with Crippen LogP contribution in [0.25, 0.3) is 0 Å². The zero-order chi connectivity index (χ0) is 13.8. The van der Waals surface area contributed by atoms with E-state index in [4.69, 9.17) is 4.74 Å². The molecule has 0 fully saturated rings. The lowest BCUT2D eigenvalue weighted by Gasteiger charge is -2.18. The third-order valence-electron chi connectivity index (χ3n) is 2.98. The van der Waals surface area contributed by atoms with Crippen LogP contribution in [-0.2, 0) is 0 Å². The van der Waals surface area contributed by atoms with Crippen molar-refractivity contribution in [2.45, 2.75) is 13.0 Å². The maximum Gasteiger partial charge on any atom is 0.237 e. The summed E-state index contributed by atoms with van der Waals surface area (Å²) in [4.78, 5) is 8.58. The van der Waals surface area contributed by atoms with Crippen molar-refractivity contribution in [2.75, 3.05) is 14.2 Å². The smallest absolute Gasteiger partial charge is 0.237 e. The zero-order valence-electron chi connectivity index (χ0n) is 11.1. The van der Waals surface area contributed by atoms with Crippen LogP contribution in [0.2, 0.25) is 0 Å². The quantitative estimate of drug-likeness (QED) is 0.940. The van der Waals surface area contributed by atoms with Gasteiger partial charge >= 0.3 is 0 Å². The van der Waals surface area contributed by atoms with Crippen LogP contribution in [0.15, 0.2) is 35.1 Å². The summed E-state index contributed by atoms with van der Waals surface area (Å²) in [7, 11) is 3.50. The molecule has 0 bridgehead atoms. The fourth-order valence-corrected chi connectivity index (χ4v) is 2.34. The van der Waals surface area contributed by atoms with Gasteiger partial charge in [-0.25, -0.2) is 4.98 Å². The number of aromatic nitrogens is 2. The Hall–Kier alpha value is -1.46. The molecule has 0 aliphatic carbocycles. The van der Waals surface area contributed by atoms with Crippen LogP contribution in [0.4, 0.5) is 0 Å². The molecule has 1 aromatic carbocycles. The number of nitrogens with zero attached hydrogens (tertiary/aromatic N) is 2. The Labute approximate surface area is 121 Å². The molecule has 2 rings (SSSR count). The molecule has 2 aromatic rings. The number of ether oxygens (including phenoxy) is 1. The first kappa shape index (κ1) is 14.0. The molecule has 5 heteroatoms. The van der Waals surface area contributed by atoms with Crippen molar-refractivity contribution in [3.63, 3.8) is 0 Å². The topological polar surface area (TPSA) is 47.0 Å². The van der Waals surface area contributed by atoms with Crippen molar-refractivity contribution < 1.29 is 4.74 Å². The lowest BCUT2D eigenvalue weighted by molar-refractivity contribution is 0.384. The minimum Gasteiger partial charge on any atom is -0.480 e. The molecule has 0 amide bonds. The van der Waals surface area contributed by atoms with Gasteiger partial charge in [0.15, 0.2) is 0 Å². The van der Waals surface area contributed by atoms with Gasteiger partial charge in [-0.15, -0.1) is 0 Å². The minimum atomic E-state index is -0.0550.